The molecule has 1 rings (SSSR count). The number of ether oxygens (including phenoxy) is 1. The molecule has 0 amide bonds. The largest absolute Gasteiger partial charge is 0.458 e. The lowest BCUT2D eigenvalue weighted by Crippen LogP contribution is -2.29. The van der Waals surface area contributed by atoms with Crippen LogP contribution >= 0.6 is 0 Å². The van der Waals surface area contributed by atoms with Gasteiger partial charge in [-0.1, -0.05) is 0 Å². The quantitative estimate of drug-likeness (QED) is 0.750. The van der Waals surface area contributed by atoms with Gasteiger partial charge >= 0.3 is 5.97 Å². The second-order valence-electron chi connectivity index (χ2n) is 4.46. The van der Waals surface area contributed by atoms with Crippen molar-refractivity contribution in [3.63, 3.8) is 0 Å². The Hall–Kier alpha value is -1.52. The zero-order valence-corrected chi connectivity index (χ0v) is 9.52. The van der Waals surface area contributed by atoms with Crippen molar-refractivity contribution in [1.82, 2.24) is 9.78 Å². The first-order valence-electron chi connectivity index (χ1n) is 4.82. The van der Waals surface area contributed by atoms with Crippen molar-refractivity contribution in [3.05, 3.63) is 12.4 Å². The first-order valence-corrected chi connectivity index (χ1v) is 4.82. The lowest BCUT2D eigenvalue weighted by Gasteiger charge is -2.22. The summed E-state index contributed by atoms with van der Waals surface area (Å²) >= 11 is 0. The molecular weight excluding hydrogens is 194 g/mol. The maximum Gasteiger partial charge on any atom is 0.331 e. The number of esters is 1. The van der Waals surface area contributed by atoms with Gasteiger partial charge in [-0.25, -0.2) is 4.79 Å². The van der Waals surface area contributed by atoms with Crippen molar-refractivity contribution in [2.45, 2.75) is 39.3 Å². The summed E-state index contributed by atoms with van der Waals surface area (Å²) in [7, 11) is 0. The van der Waals surface area contributed by atoms with Crippen LogP contribution in [0.3, 0.4) is 0 Å². The number of anilines is 1. The van der Waals surface area contributed by atoms with E-state index in [4.69, 9.17) is 10.5 Å². The fourth-order valence-electron chi connectivity index (χ4n) is 1.06. The Morgan fingerprint density at radius 1 is 1.60 bits per heavy atom. The van der Waals surface area contributed by atoms with E-state index < -0.39 is 11.6 Å². The van der Waals surface area contributed by atoms with Crippen molar-refractivity contribution in [1.29, 1.82) is 0 Å². The molecule has 0 fully saturated rings. The van der Waals surface area contributed by atoms with Gasteiger partial charge in [0.1, 0.15) is 11.6 Å². The molecule has 0 aliphatic carbocycles. The Kier molecular flexibility index (Phi) is 3.02. The Balaban J connectivity index is 2.69. The Morgan fingerprint density at radius 3 is 2.60 bits per heavy atom. The van der Waals surface area contributed by atoms with E-state index in [9.17, 15) is 4.79 Å². The van der Waals surface area contributed by atoms with Crippen LogP contribution < -0.4 is 5.73 Å². The van der Waals surface area contributed by atoms with E-state index >= 15 is 0 Å². The van der Waals surface area contributed by atoms with Crippen LogP contribution in [0.4, 0.5) is 5.69 Å². The summed E-state index contributed by atoms with van der Waals surface area (Å²) in [4.78, 5) is 11.6. The van der Waals surface area contributed by atoms with Crippen molar-refractivity contribution in [2.24, 2.45) is 0 Å². The molecule has 0 spiro atoms. The second-order valence-corrected chi connectivity index (χ2v) is 4.46. The van der Waals surface area contributed by atoms with Crippen LogP contribution in [0.2, 0.25) is 0 Å². The third kappa shape index (κ3) is 3.27. The van der Waals surface area contributed by atoms with Gasteiger partial charge in [-0.2, -0.15) is 5.10 Å². The molecule has 1 heterocycles. The highest BCUT2D eigenvalue weighted by Gasteiger charge is 2.23. The van der Waals surface area contributed by atoms with Gasteiger partial charge in [-0.15, -0.1) is 0 Å². The average molecular weight is 211 g/mol. The number of nitrogen functional groups attached to an aromatic ring is 1. The molecule has 0 aliphatic heterocycles. The van der Waals surface area contributed by atoms with E-state index in [1.165, 1.54) is 10.9 Å². The van der Waals surface area contributed by atoms with E-state index in [-0.39, 0.29) is 5.97 Å². The highest BCUT2D eigenvalue weighted by atomic mass is 16.6. The fourth-order valence-corrected chi connectivity index (χ4v) is 1.06. The number of nitrogens with zero attached hydrogens (tertiary/aromatic N) is 2. The lowest BCUT2D eigenvalue weighted by molar-refractivity contribution is -0.158. The summed E-state index contributed by atoms with van der Waals surface area (Å²) < 4.78 is 6.71. The monoisotopic (exact) mass is 211 g/mol. The first-order chi connectivity index (χ1) is 6.79. The maximum absolute atomic E-state index is 11.6. The standard InChI is InChI=1S/C10H17N3O2/c1-7(9(14)15-10(2,3)4)13-6-8(11)5-12-13/h5-7H,11H2,1-4H3/t7-/m0/s1. The first kappa shape index (κ1) is 11.6. The minimum atomic E-state index is -0.482. The van der Waals surface area contributed by atoms with Gasteiger partial charge in [-0.05, 0) is 27.7 Å². The molecule has 0 radical (unpaired) electrons. The normalized spacial score (nSPS) is 13.6. The molecule has 1 aromatic rings. The summed E-state index contributed by atoms with van der Waals surface area (Å²) in [5, 5.41) is 3.96. The number of rotatable bonds is 2. The SMILES string of the molecule is C[C@@H](C(=O)OC(C)(C)C)n1cc(N)cn1. The van der Waals surface area contributed by atoms with Crippen LogP contribution in [0.25, 0.3) is 0 Å². The van der Waals surface area contributed by atoms with E-state index in [0.29, 0.717) is 5.69 Å². The van der Waals surface area contributed by atoms with Gasteiger partial charge in [0.15, 0.2) is 0 Å². The van der Waals surface area contributed by atoms with E-state index in [0.717, 1.165) is 0 Å². The van der Waals surface area contributed by atoms with Gasteiger partial charge < -0.3 is 10.5 Å². The maximum atomic E-state index is 11.6. The number of carbonyl (C=O) groups excluding carboxylic acids is 1. The molecule has 1 atom stereocenters. The van der Waals surface area contributed by atoms with E-state index in [1.807, 2.05) is 20.8 Å². The average Bonchev–Trinajstić information content (AvgIpc) is 2.47. The van der Waals surface area contributed by atoms with Crippen LogP contribution in [0.1, 0.15) is 33.7 Å². The molecule has 0 saturated carbocycles. The Bertz CT molecular complexity index is 352. The zero-order chi connectivity index (χ0) is 11.6. The third-order valence-electron chi connectivity index (χ3n) is 1.77. The van der Waals surface area contributed by atoms with Gasteiger partial charge in [0, 0.05) is 6.20 Å². The summed E-state index contributed by atoms with van der Waals surface area (Å²) in [5.74, 6) is -0.314. The summed E-state index contributed by atoms with van der Waals surface area (Å²) in [6.45, 7) is 7.21. The molecule has 5 nitrogen and oxygen atoms in total. The van der Waals surface area contributed by atoms with Crippen LogP contribution in [0, 0.1) is 0 Å². The minimum Gasteiger partial charge on any atom is -0.458 e. The van der Waals surface area contributed by atoms with Crippen LogP contribution in [-0.4, -0.2) is 21.4 Å². The van der Waals surface area contributed by atoms with Crippen molar-refractivity contribution < 1.29 is 9.53 Å². The molecule has 2 N–H and O–H groups in total. The Labute approximate surface area is 89.2 Å². The molecule has 5 heteroatoms. The summed E-state index contributed by atoms with van der Waals surface area (Å²) in [6.07, 6.45) is 3.11. The van der Waals surface area contributed by atoms with Crippen LogP contribution in [-0.2, 0) is 9.53 Å². The fraction of sp³-hybridized carbons (Fsp3) is 0.600. The van der Waals surface area contributed by atoms with Crippen molar-refractivity contribution in [2.75, 3.05) is 5.73 Å². The van der Waals surface area contributed by atoms with Gasteiger partial charge in [0.2, 0.25) is 0 Å². The van der Waals surface area contributed by atoms with Crippen LogP contribution in [0.5, 0.6) is 0 Å². The Morgan fingerprint density at radius 2 is 2.20 bits per heavy atom. The summed E-state index contributed by atoms with van der Waals surface area (Å²) in [6, 6.07) is -0.457. The number of nitrogens with two attached hydrogens (primary N) is 1. The second kappa shape index (κ2) is 3.92. The highest BCUT2D eigenvalue weighted by molar-refractivity contribution is 5.74. The molecule has 1 aromatic heterocycles. The molecule has 0 aromatic carbocycles. The van der Waals surface area contributed by atoms with Crippen molar-refractivity contribution in [3.8, 4) is 0 Å². The minimum absolute atomic E-state index is 0.314. The number of hydrogen-bond acceptors (Lipinski definition) is 4. The van der Waals surface area contributed by atoms with Crippen molar-refractivity contribution >= 4 is 11.7 Å². The smallest absolute Gasteiger partial charge is 0.331 e. The van der Waals surface area contributed by atoms with E-state index in [1.54, 1.807) is 13.1 Å². The topological polar surface area (TPSA) is 70.1 Å². The third-order valence-corrected chi connectivity index (χ3v) is 1.77. The summed E-state index contributed by atoms with van der Waals surface area (Å²) in [5.41, 5.74) is 5.56. The van der Waals surface area contributed by atoms with Crippen LogP contribution in [0.15, 0.2) is 12.4 Å². The predicted octanol–water partition coefficient (Wildman–Crippen LogP) is 1.37. The molecular formula is C10H17N3O2. The van der Waals surface area contributed by atoms with Gasteiger partial charge in [0.05, 0.1) is 11.9 Å². The van der Waals surface area contributed by atoms with E-state index in [2.05, 4.69) is 5.10 Å². The zero-order valence-electron chi connectivity index (χ0n) is 9.52. The lowest BCUT2D eigenvalue weighted by atomic mass is 10.2. The van der Waals surface area contributed by atoms with Gasteiger partial charge in [0.25, 0.3) is 0 Å². The number of hydrogen-bond donors (Lipinski definition) is 1. The van der Waals surface area contributed by atoms with Gasteiger partial charge in [-0.3, -0.25) is 4.68 Å². The number of aromatic nitrogens is 2. The molecule has 0 bridgehead atoms. The molecule has 0 aliphatic rings. The molecule has 0 saturated heterocycles. The molecule has 84 valence electrons. The highest BCUT2D eigenvalue weighted by Crippen LogP contribution is 2.15. The molecule has 0 unspecified atom stereocenters. The number of carbonyl (C=O) groups is 1. The predicted molar refractivity (Wildman–Crippen MR) is 57.2 cm³/mol. The molecule has 15 heavy (non-hydrogen) atoms.